The number of aliphatic hydroxyl groups is 1. The minimum atomic E-state index is -0.0418. The first-order valence-corrected chi connectivity index (χ1v) is 8.20. The molecule has 4 rings (SSSR count). The predicted molar refractivity (Wildman–Crippen MR) is 83.6 cm³/mol. The van der Waals surface area contributed by atoms with Crippen LogP contribution in [-0.4, -0.2) is 19.7 Å². The van der Waals surface area contributed by atoms with Crippen LogP contribution in [0.15, 0.2) is 24.3 Å². The number of imidazole rings is 1. The second-order valence-corrected chi connectivity index (χ2v) is 6.51. The van der Waals surface area contributed by atoms with E-state index in [1.807, 2.05) is 4.52 Å². The van der Waals surface area contributed by atoms with Gasteiger partial charge in [-0.2, -0.15) is 5.10 Å². The minimum absolute atomic E-state index is 0.0418. The number of rotatable bonds is 4. The quantitative estimate of drug-likeness (QED) is 0.803. The average Bonchev–Trinajstić information content (AvgIpc) is 3.20. The summed E-state index contributed by atoms with van der Waals surface area (Å²) in [6, 6.07) is 8.39. The number of fused-ring (bicyclic) bond motifs is 1. The van der Waals surface area contributed by atoms with Gasteiger partial charge in [-0.15, -0.1) is 0 Å². The number of hydrogen-bond donors (Lipinski definition) is 1. The van der Waals surface area contributed by atoms with Crippen LogP contribution in [0, 0.1) is 0 Å². The molecule has 0 saturated heterocycles. The lowest BCUT2D eigenvalue weighted by Gasteiger charge is -2.02. The van der Waals surface area contributed by atoms with Gasteiger partial charge in [0.25, 0.3) is 0 Å². The Bertz CT molecular complexity index is 784. The second kappa shape index (κ2) is 4.93. The summed E-state index contributed by atoms with van der Waals surface area (Å²) in [4.78, 5) is 5.58. The standard InChI is InChI=1S/C16H17N3OS/c1-2-10-3-5-11(6-4-10)14-13(9-20)19-16(17-14)21-15(18-19)12-7-8-12/h3-6,12,20H,2,7-9H2,1H3. The average molecular weight is 299 g/mol. The van der Waals surface area contributed by atoms with Gasteiger partial charge in [0.15, 0.2) is 0 Å². The number of hydrogen-bond acceptors (Lipinski definition) is 4. The fraction of sp³-hybridized carbons (Fsp3) is 0.375. The first kappa shape index (κ1) is 13.0. The fourth-order valence-electron chi connectivity index (χ4n) is 2.57. The molecular weight excluding hydrogens is 282 g/mol. The van der Waals surface area contributed by atoms with E-state index in [-0.39, 0.29) is 6.61 Å². The monoisotopic (exact) mass is 299 g/mol. The number of nitrogens with zero attached hydrogens (tertiary/aromatic N) is 3. The number of aliphatic hydroxyl groups excluding tert-OH is 1. The first-order valence-electron chi connectivity index (χ1n) is 7.38. The van der Waals surface area contributed by atoms with E-state index in [9.17, 15) is 5.11 Å². The van der Waals surface area contributed by atoms with Crippen LogP contribution in [0.5, 0.6) is 0 Å². The Morgan fingerprint density at radius 1 is 1.29 bits per heavy atom. The maximum Gasteiger partial charge on any atom is 0.213 e. The third-order valence-electron chi connectivity index (χ3n) is 4.02. The molecule has 0 unspecified atom stereocenters. The third-order valence-corrected chi connectivity index (χ3v) is 5.09. The van der Waals surface area contributed by atoms with Gasteiger partial charge in [0.05, 0.1) is 18.0 Å². The van der Waals surface area contributed by atoms with E-state index in [0.29, 0.717) is 5.92 Å². The third kappa shape index (κ3) is 2.17. The van der Waals surface area contributed by atoms with Gasteiger partial charge < -0.3 is 5.11 Å². The van der Waals surface area contributed by atoms with Crippen molar-refractivity contribution in [1.29, 1.82) is 0 Å². The van der Waals surface area contributed by atoms with Crippen LogP contribution in [0.25, 0.3) is 16.2 Å². The summed E-state index contributed by atoms with van der Waals surface area (Å²) in [5, 5.41) is 15.5. The summed E-state index contributed by atoms with van der Waals surface area (Å²) in [5.41, 5.74) is 3.99. The van der Waals surface area contributed by atoms with E-state index in [1.54, 1.807) is 11.3 Å². The molecule has 0 bridgehead atoms. The molecule has 0 atom stereocenters. The minimum Gasteiger partial charge on any atom is -0.390 e. The van der Waals surface area contributed by atoms with Crippen LogP contribution < -0.4 is 0 Å². The van der Waals surface area contributed by atoms with Crippen molar-refractivity contribution in [3.63, 3.8) is 0 Å². The zero-order valence-electron chi connectivity index (χ0n) is 11.9. The summed E-state index contributed by atoms with van der Waals surface area (Å²) >= 11 is 1.65. The molecule has 2 aromatic heterocycles. The summed E-state index contributed by atoms with van der Waals surface area (Å²) in [6.07, 6.45) is 3.49. The van der Waals surface area contributed by atoms with Crippen molar-refractivity contribution in [2.75, 3.05) is 0 Å². The van der Waals surface area contributed by atoms with Gasteiger partial charge in [0.1, 0.15) is 5.01 Å². The molecule has 3 aromatic rings. The summed E-state index contributed by atoms with van der Waals surface area (Å²) in [7, 11) is 0. The van der Waals surface area contributed by atoms with Gasteiger partial charge in [-0.3, -0.25) is 0 Å². The molecule has 1 fully saturated rings. The van der Waals surface area contributed by atoms with Crippen molar-refractivity contribution in [3.05, 3.63) is 40.5 Å². The van der Waals surface area contributed by atoms with Crippen LogP contribution in [-0.2, 0) is 13.0 Å². The molecule has 1 N–H and O–H groups in total. The van der Waals surface area contributed by atoms with Gasteiger partial charge in [-0.1, -0.05) is 42.5 Å². The second-order valence-electron chi connectivity index (χ2n) is 5.52. The Labute approximate surface area is 127 Å². The maximum atomic E-state index is 9.73. The molecule has 2 heterocycles. The first-order chi connectivity index (χ1) is 10.3. The molecule has 1 aromatic carbocycles. The molecule has 0 aliphatic heterocycles. The van der Waals surface area contributed by atoms with Crippen molar-refractivity contribution in [1.82, 2.24) is 14.6 Å². The molecule has 5 heteroatoms. The molecule has 0 radical (unpaired) electrons. The lowest BCUT2D eigenvalue weighted by Crippen LogP contribution is -1.96. The van der Waals surface area contributed by atoms with Gasteiger partial charge in [-0.25, -0.2) is 9.50 Å². The Hall–Kier alpha value is -1.72. The highest BCUT2D eigenvalue weighted by Crippen LogP contribution is 2.42. The van der Waals surface area contributed by atoms with Crippen LogP contribution in [0.4, 0.5) is 0 Å². The molecule has 0 spiro atoms. The lowest BCUT2D eigenvalue weighted by atomic mass is 10.1. The molecule has 1 saturated carbocycles. The Morgan fingerprint density at radius 2 is 2.05 bits per heavy atom. The molecule has 0 amide bonds. The van der Waals surface area contributed by atoms with Gasteiger partial charge >= 0.3 is 0 Å². The van der Waals surface area contributed by atoms with E-state index in [1.165, 1.54) is 18.4 Å². The largest absolute Gasteiger partial charge is 0.390 e. The van der Waals surface area contributed by atoms with Gasteiger partial charge in [-0.05, 0) is 24.8 Å². The fourth-order valence-corrected chi connectivity index (χ4v) is 3.66. The van der Waals surface area contributed by atoms with Crippen molar-refractivity contribution in [2.24, 2.45) is 0 Å². The zero-order chi connectivity index (χ0) is 14.4. The highest BCUT2D eigenvalue weighted by atomic mass is 32.1. The molecule has 1 aliphatic rings. The summed E-state index contributed by atoms with van der Waals surface area (Å²) in [6.45, 7) is 2.10. The lowest BCUT2D eigenvalue weighted by molar-refractivity contribution is 0.275. The number of benzene rings is 1. The van der Waals surface area contributed by atoms with Crippen LogP contribution in [0.3, 0.4) is 0 Å². The van der Waals surface area contributed by atoms with Crippen molar-refractivity contribution < 1.29 is 5.11 Å². The van der Waals surface area contributed by atoms with E-state index in [0.717, 1.165) is 33.3 Å². The van der Waals surface area contributed by atoms with Crippen molar-refractivity contribution >= 4 is 16.3 Å². The summed E-state index contributed by atoms with van der Waals surface area (Å²) < 4.78 is 1.82. The number of aryl methyl sites for hydroxylation is 1. The normalized spacial score (nSPS) is 15.0. The van der Waals surface area contributed by atoms with Gasteiger partial charge in [0.2, 0.25) is 4.96 Å². The summed E-state index contributed by atoms with van der Waals surface area (Å²) in [5.74, 6) is 0.621. The smallest absolute Gasteiger partial charge is 0.213 e. The highest BCUT2D eigenvalue weighted by molar-refractivity contribution is 7.16. The Balaban J connectivity index is 1.81. The zero-order valence-corrected chi connectivity index (χ0v) is 12.7. The molecule has 21 heavy (non-hydrogen) atoms. The SMILES string of the molecule is CCc1ccc(-c2nc3sc(C4CC4)nn3c2CO)cc1. The van der Waals surface area contributed by atoms with Crippen molar-refractivity contribution in [3.8, 4) is 11.3 Å². The Morgan fingerprint density at radius 3 is 2.67 bits per heavy atom. The number of aromatic nitrogens is 3. The van der Waals surface area contributed by atoms with Crippen LogP contribution >= 0.6 is 11.3 Å². The van der Waals surface area contributed by atoms with Crippen LogP contribution in [0.1, 0.15) is 41.9 Å². The van der Waals surface area contributed by atoms with Crippen LogP contribution in [0.2, 0.25) is 0 Å². The topological polar surface area (TPSA) is 50.4 Å². The molecule has 4 nitrogen and oxygen atoms in total. The predicted octanol–water partition coefficient (Wildman–Crippen LogP) is 3.39. The van der Waals surface area contributed by atoms with E-state index >= 15 is 0 Å². The molecule has 108 valence electrons. The maximum absolute atomic E-state index is 9.73. The van der Waals surface area contributed by atoms with E-state index in [2.05, 4.69) is 36.3 Å². The molecule has 1 aliphatic carbocycles. The highest BCUT2D eigenvalue weighted by Gasteiger charge is 2.29. The van der Waals surface area contributed by atoms with Crippen molar-refractivity contribution in [2.45, 2.75) is 38.7 Å². The van der Waals surface area contributed by atoms with E-state index < -0.39 is 0 Å². The van der Waals surface area contributed by atoms with E-state index in [4.69, 9.17) is 4.98 Å². The molecular formula is C16H17N3OS. The Kier molecular flexibility index (Phi) is 3.05. The van der Waals surface area contributed by atoms with Gasteiger partial charge in [0, 0.05) is 11.5 Å².